The molecule has 2 aromatic rings. The number of fused-ring (bicyclic) bond motifs is 1. The maximum absolute atomic E-state index is 12.8. The van der Waals surface area contributed by atoms with E-state index in [0.717, 1.165) is 16.7 Å². The van der Waals surface area contributed by atoms with Crippen molar-refractivity contribution in [1.29, 1.82) is 0 Å². The van der Waals surface area contributed by atoms with Crippen molar-refractivity contribution in [1.82, 2.24) is 0 Å². The van der Waals surface area contributed by atoms with Crippen LogP contribution in [-0.2, 0) is 11.2 Å². The van der Waals surface area contributed by atoms with Crippen LogP contribution < -0.4 is 9.64 Å². The van der Waals surface area contributed by atoms with E-state index in [1.165, 1.54) is 17.0 Å². The first-order valence-corrected chi connectivity index (χ1v) is 7.97. The molecular weight excluding hydrogens is 306 g/mol. The Bertz CT molecular complexity index is 752. The van der Waals surface area contributed by atoms with Crippen molar-refractivity contribution in [2.45, 2.75) is 26.4 Å². The van der Waals surface area contributed by atoms with E-state index in [-0.39, 0.29) is 24.8 Å². The summed E-state index contributed by atoms with van der Waals surface area (Å²) in [7, 11) is 0. The van der Waals surface area contributed by atoms with Crippen LogP contribution in [0.2, 0.25) is 0 Å². The third-order valence-electron chi connectivity index (χ3n) is 4.07. The molecule has 1 amide bonds. The van der Waals surface area contributed by atoms with Gasteiger partial charge in [-0.2, -0.15) is 0 Å². The highest BCUT2D eigenvalue weighted by atomic mass is 16.5. The fraction of sp³-hybridized carbons (Fsp3) is 0.316. The molecule has 2 N–H and O–H groups in total. The molecule has 5 nitrogen and oxygen atoms in total. The Hall–Kier alpha value is -2.53. The van der Waals surface area contributed by atoms with Crippen molar-refractivity contribution in [3.63, 3.8) is 0 Å². The van der Waals surface area contributed by atoms with Crippen molar-refractivity contribution in [2.75, 3.05) is 18.1 Å². The van der Waals surface area contributed by atoms with Crippen LogP contribution in [0.4, 0.5) is 5.69 Å². The summed E-state index contributed by atoms with van der Waals surface area (Å²) in [6.07, 6.45) is -0.182. The van der Waals surface area contributed by atoms with E-state index in [9.17, 15) is 15.0 Å². The highest BCUT2D eigenvalue weighted by Gasteiger charge is 2.34. The Kier molecular flexibility index (Phi) is 4.44. The van der Waals surface area contributed by atoms with Crippen LogP contribution in [0.1, 0.15) is 16.7 Å². The van der Waals surface area contributed by atoms with Crippen molar-refractivity contribution in [3.8, 4) is 11.5 Å². The quantitative estimate of drug-likeness (QED) is 0.904. The predicted octanol–water partition coefficient (Wildman–Crippen LogP) is 2.34. The number of aliphatic hydroxyl groups is 1. The van der Waals surface area contributed by atoms with Crippen LogP contribution in [0.25, 0.3) is 0 Å². The van der Waals surface area contributed by atoms with Gasteiger partial charge in [-0.25, -0.2) is 0 Å². The van der Waals surface area contributed by atoms with Crippen LogP contribution in [0, 0.1) is 13.8 Å². The van der Waals surface area contributed by atoms with Gasteiger partial charge in [0.05, 0.1) is 12.3 Å². The number of aromatic hydroxyl groups is 1. The van der Waals surface area contributed by atoms with Crippen LogP contribution in [0.15, 0.2) is 36.4 Å². The molecule has 0 saturated carbocycles. The third-order valence-corrected chi connectivity index (χ3v) is 4.07. The van der Waals surface area contributed by atoms with Gasteiger partial charge in [-0.3, -0.25) is 4.79 Å². The van der Waals surface area contributed by atoms with Crippen LogP contribution in [0.3, 0.4) is 0 Å². The van der Waals surface area contributed by atoms with Gasteiger partial charge in [0.15, 0.2) is 6.10 Å². The molecule has 0 spiro atoms. The smallest absolute Gasteiger partial charge is 0.268 e. The number of carbonyl (C=O) groups is 1. The molecule has 1 unspecified atom stereocenters. The lowest BCUT2D eigenvalue weighted by Crippen LogP contribution is -2.48. The summed E-state index contributed by atoms with van der Waals surface area (Å²) in [6, 6.07) is 10.8. The second-order valence-corrected chi connectivity index (χ2v) is 6.17. The number of phenolic OH excluding ortho intramolecular Hbond substituents is 1. The second kappa shape index (κ2) is 6.53. The van der Waals surface area contributed by atoms with Gasteiger partial charge >= 0.3 is 0 Å². The number of β-amino-alcohol motifs (C(OH)–C–C–N with tert-alkyl or cyclic N) is 1. The summed E-state index contributed by atoms with van der Waals surface area (Å²) in [6.45, 7) is 4.06. The van der Waals surface area contributed by atoms with Gasteiger partial charge in [0.2, 0.25) is 0 Å². The Morgan fingerprint density at radius 1 is 1.12 bits per heavy atom. The summed E-state index contributed by atoms with van der Waals surface area (Å²) in [4.78, 5) is 14.2. The van der Waals surface area contributed by atoms with E-state index in [2.05, 4.69) is 6.07 Å². The molecule has 0 aliphatic carbocycles. The number of nitrogens with zero attached hydrogens (tertiary/aromatic N) is 1. The third kappa shape index (κ3) is 3.21. The fourth-order valence-electron chi connectivity index (χ4n) is 3.17. The number of aryl methyl sites for hydroxylation is 2. The number of carbonyl (C=O) groups excluding carboxylic acids is 1. The number of phenols is 1. The molecule has 3 rings (SSSR count). The number of anilines is 1. The molecule has 1 aliphatic heterocycles. The summed E-state index contributed by atoms with van der Waals surface area (Å²) < 4.78 is 5.88. The van der Waals surface area contributed by atoms with Crippen molar-refractivity contribution >= 4 is 11.6 Å². The lowest BCUT2D eigenvalue weighted by Gasteiger charge is -2.34. The molecule has 0 radical (unpaired) electrons. The van der Waals surface area contributed by atoms with Crippen LogP contribution in [0.5, 0.6) is 11.5 Å². The minimum absolute atomic E-state index is 0.0563. The minimum atomic E-state index is -0.644. The van der Waals surface area contributed by atoms with E-state index in [1.807, 2.05) is 26.0 Å². The summed E-state index contributed by atoms with van der Waals surface area (Å²) in [5.74, 6) is 0.386. The topological polar surface area (TPSA) is 70.0 Å². The van der Waals surface area contributed by atoms with Gasteiger partial charge in [-0.05, 0) is 31.5 Å². The van der Waals surface area contributed by atoms with Crippen molar-refractivity contribution < 1.29 is 19.7 Å². The van der Waals surface area contributed by atoms with Crippen LogP contribution in [-0.4, -0.2) is 35.4 Å². The van der Waals surface area contributed by atoms with E-state index in [4.69, 9.17) is 4.74 Å². The first-order valence-electron chi connectivity index (χ1n) is 7.97. The summed E-state index contributed by atoms with van der Waals surface area (Å²) in [5, 5.41) is 18.9. The van der Waals surface area contributed by atoms with Crippen molar-refractivity contribution in [3.05, 3.63) is 53.1 Å². The molecular formula is C19H21NO4. The van der Waals surface area contributed by atoms with Crippen molar-refractivity contribution in [2.24, 2.45) is 0 Å². The van der Waals surface area contributed by atoms with E-state index >= 15 is 0 Å². The lowest BCUT2D eigenvalue weighted by atomic mass is 10.0. The number of rotatable bonds is 4. The number of benzene rings is 2. The number of ether oxygens (including phenoxy) is 1. The molecule has 0 fully saturated rings. The predicted molar refractivity (Wildman–Crippen MR) is 91.6 cm³/mol. The number of aliphatic hydroxyl groups excluding tert-OH is 1. The molecule has 1 atom stereocenters. The van der Waals surface area contributed by atoms with E-state index in [0.29, 0.717) is 17.9 Å². The Labute approximate surface area is 141 Å². The SMILES string of the molecule is Cc1cc(C)cc(CC2Oc3ccc(O)cc3N(CCO)C2=O)c1. The largest absolute Gasteiger partial charge is 0.508 e. The second-order valence-electron chi connectivity index (χ2n) is 6.17. The average Bonchev–Trinajstić information content (AvgIpc) is 2.51. The minimum Gasteiger partial charge on any atom is -0.508 e. The summed E-state index contributed by atoms with van der Waals surface area (Å²) in [5.41, 5.74) is 3.82. The van der Waals surface area contributed by atoms with Gasteiger partial charge in [0, 0.05) is 19.0 Å². The zero-order valence-electron chi connectivity index (χ0n) is 13.8. The molecule has 1 heterocycles. The van der Waals surface area contributed by atoms with E-state index in [1.54, 1.807) is 6.07 Å². The maximum Gasteiger partial charge on any atom is 0.268 e. The van der Waals surface area contributed by atoms with Crippen LogP contribution >= 0.6 is 0 Å². The monoisotopic (exact) mass is 327 g/mol. The molecule has 0 bridgehead atoms. The van der Waals surface area contributed by atoms with Gasteiger partial charge in [0.25, 0.3) is 5.91 Å². The first kappa shape index (κ1) is 16.3. The van der Waals surface area contributed by atoms with Gasteiger partial charge < -0.3 is 19.8 Å². The summed E-state index contributed by atoms with van der Waals surface area (Å²) >= 11 is 0. The highest BCUT2D eigenvalue weighted by molar-refractivity contribution is 6.00. The van der Waals surface area contributed by atoms with Gasteiger partial charge in [0.1, 0.15) is 11.5 Å². The molecule has 5 heteroatoms. The standard InChI is InChI=1S/C19H21NO4/c1-12-7-13(2)9-14(8-12)10-18-19(23)20(5-6-21)16-11-15(22)3-4-17(16)24-18/h3-4,7-9,11,18,21-22H,5-6,10H2,1-2H3. The molecule has 2 aromatic carbocycles. The fourth-order valence-corrected chi connectivity index (χ4v) is 3.17. The zero-order valence-corrected chi connectivity index (χ0v) is 13.8. The Morgan fingerprint density at radius 2 is 1.83 bits per heavy atom. The maximum atomic E-state index is 12.8. The van der Waals surface area contributed by atoms with E-state index < -0.39 is 6.10 Å². The number of amides is 1. The first-order chi connectivity index (χ1) is 11.5. The van der Waals surface area contributed by atoms with Gasteiger partial charge in [-0.15, -0.1) is 0 Å². The van der Waals surface area contributed by atoms with Gasteiger partial charge in [-0.1, -0.05) is 29.3 Å². The number of hydrogen-bond acceptors (Lipinski definition) is 4. The Morgan fingerprint density at radius 3 is 2.50 bits per heavy atom. The average molecular weight is 327 g/mol. The lowest BCUT2D eigenvalue weighted by molar-refractivity contribution is -0.126. The molecule has 24 heavy (non-hydrogen) atoms. The molecule has 0 aromatic heterocycles. The normalized spacial score (nSPS) is 16.7. The molecule has 0 saturated heterocycles. The zero-order chi connectivity index (χ0) is 17.3. The molecule has 1 aliphatic rings. The Balaban J connectivity index is 1.92. The number of hydrogen-bond donors (Lipinski definition) is 2. The highest BCUT2D eigenvalue weighted by Crippen LogP contribution is 2.37. The molecule has 126 valence electrons.